The van der Waals surface area contributed by atoms with Crippen LogP contribution in [0, 0.1) is 20.8 Å². The Bertz CT molecular complexity index is 771. The average molecular weight is 341 g/mol. The number of rotatable bonds is 3. The van der Waals surface area contributed by atoms with E-state index in [1.807, 2.05) is 45.0 Å². The van der Waals surface area contributed by atoms with Crippen molar-refractivity contribution in [2.24, 2.45) is 0 Å². The zero-order valence-corrected chi connectivity index (χ0v) is 15.3. The lowest BCUT2D eigenvalue weighted by Gasteiger charge is -2.16. The molecule has 0 aromatic heterocycles. The minimum atomic E-state index is -0.220. The van der Waals surface area contributed by atoms with Gasteiger partial charge in [0.2, 0.25) is 0 Å². The number of hydrogen-bond donors (Lipinski definition) is 3. The molecule has 1 amide bonds. The lowest BCUT2D eigenvalue weighted by Crippen LogP contribution is -2.44. The van der Waals surface area contributed by atoms with E-state index >= 15 is 0 Å². The van der Waals surface area contributed by atoms with Crippen LogP contribution in [0.5, 0.6) is 0 Å². The van der Waals surface area contributed by atoms with Crippen molar-refractivity contribution in [2.75, 3.05) is 5.32 Å². The van der Waals surface area contributed by atoms with Gasteiger partial charge in [-0.1, -0.05) is 31.2 Å². The molecule has 2 aromatic rings. The summed E-state index contributed by atoms with van der Waals surface area (Å²) in [6, 6.07) is 11.7. The number of carbonyl (C=O) groups excluding carboxylic acids is 1. The van der Waals surface area contributed by atoms with Gasteiger partial charge in [-0.2, -0.15) is 0 Å². The van der Waals surface area contributed by atoms with Crippen LogP contribution in [0.4, 0.5) is 5.69 Å². The van der Waals surface area contributed by atoms with Crippen LogP contribution in [-0.2, 0) is 6.42 Å². The summed E-state index contributed by atoms with van der Waals surface area (Å²) in [4.78, 5) is 12.2. The van der Waals surface area contributed by atoms with Gasteiger partial charge in [0, 0.05) is 11.3 Å². The van der Waals surface area contributed by atoms with Crippen molar-refractivity contribution in [3.05, 3.63) is 64.2 Å². The summed E-state index contributed by atoms with van der Waals surface area (Å²) in [5, 5.41) is 3.52. The average Bonchev–Trinajstić information content (AvgIpc) is 2.57. The van der Waals surface area contributed by atoms with Crippen LogP contribution in [0.15, 0.2) is 36.4 Å². The molecule has 4 nitrogen and oxygen atoms in total. The van der Waals surface area contributed by atoms with Crippen molar-refractivity contribution in [3.63, 3.8) is 0 Å². The van der Waals surface area contributed by atoms with Crippen molar-refractivity contribution in [1.29, 1.82) is 0 Å². The summed E-state index contributed by atoms with van der Waals surface area (Å²) in [6.45, 7) is 8.12. The number of para-hydroxylation sites is 1. The van der Waals surface area contributed by atoms with Crippen molar-refractivity contribution in [3.8, 4) is 0 Å². The van der Waals surface area contributed by atoms with Crippen LogP contribution in [0.25, 0.3) is 0 Å². The molecular formula is C19H23N3OS. The van der Waals surface area contributed by atoms with E-state index in [1.165, 1.54) is 5.56 Å². The van der Waals surface area contributed by atoms with Gasteiger partial charge in [0.05, 0.1) is 0 Å². The Labute approximate surface area is 148 Å². The standard InChI is InChI=1S/C19H23N3OS/c1-5-15-8-6-7-13(3)17(15)20-19(24)22-21-18(23)16-10-9-12(2)14(4)11-16/h6-11H,5H2,1-4H3,(H,21,23)(H2,20,22,24). The van der Waals surface area contributed by atoms with E-state index in [1.54, 1.807) is 6.07 Å². The fourth-order valence-corrected chi connectivity index (χ4v) is 2.57. The van der Waals surface area contributed by atoms with Gasteiger partial charge < -0.3 is 5.32 Å². The van der Waals surface area contributed by atoms with Crippen LogP contribution < -0.4 is 16.2 Å². The third kappa shape index (κ3) is 4.32. The summed E-state index contributed by atoms with van der Waals surface area (Å²) in [5.74, 6) is -0.220. The van der Waals surface area contributed by atoms with Crippen LogP contribution in [0.2, 0.25) is 0 Å². The van der Waals surface area contributed by atoms with E-state index in [-0.39, 0.29) is 5.91 Å². The third-order valence-corrected chi connectivity index (χ3v) is 4.24. The molecule has 0 saturated carbocycles. The largest absolute Gasteiger partial charge is 0.331 e. The van der Waals surface area contributed by atoms with Gasteiger partial charge in [-0.15, -0.1) is 0 Å². The number of carbonyl (C=O) groups is 1. The molecule has 0 atom stereocenters. The summed E-state index contributed by atoms with van der Waals surface area (Å²) >= 11 is 5.28. The van der Waals surface area contributed by atoms with Gasteiger partial charge in [0.1, 0.15) is 0 Å². The Balaban J connectivity index is 1.98. The van der Waals surface area contributed by atoms with E-state index in [0.717, 1.165) is 28.8 Å². The molecule has 5 heteroatoms. The van der Waals surface area contributed by atoms with Gasteiger partial charge in [-0.05, 0) is 73.8 Å². The zero-order chi connectivity index (χ0) is 17.7. The van der Waals surface area contributed by atoms with Crippen molar-refractivity contribution < 1.29 is 4.79 Å². The molecule has 0 bridgehead atoms. The van der Waals surface area contributed by atoms with E-state index in [4.69, 9.17) is 12.2 Å². The maximum atomic E-state index is 12.2. The lowest BCUT2D eigenvalue weighted by atomic mass is 10.1. The first-order valence-electron chi connectivity index (χ1n) is 7.95. The maximum absolute atomic E-state index is 12.2. The molecule has 3 N–H and O–H groups in total. The van der Waals surface area contributed by atoms with Gasteiger partial charge in [-0.25, -0.2) is 0 Å². The van der Waals surface area contributed by atoms with Crippen LogP contribution in [0.3, 0.4) is 0 Å². The second-order valence-electron chi connectivity index (χ2n) is 5.79. The smallest absolute Gasteiger partial charge is 0.269 e. The first kappa shape index (κ1) is 17.9. The highest BCUT2D eigenvalue weighted by molar-refractivity contribution is 7.80. The number of nitrogens with one attached hydrogen (secondary N) is 3. The van der Waals surface area contributed by atoms with E-state index in [9.17, 15) is 4.79 Å². The SMILES string of the molecule is CCc1cccc(C)c1NC(=S)NNC(=O)c1ccc(C)c(C)c1. The second-order valence-corrected chi connectivity index (χ2v) is 6.20. The number of anilines is 1. The first-order valence-corrected chi connectivity index (χ1v) is 8.36. The number of benzene rings is 2. The minimum Gasteiger partial charge on any atom is -0.331 e. The predicted molar refractivity (Wildman–Crippen MR) is 103 cm³/mol. The Kier molecular flexibility index (Phi) is 5.93. The normalized spacial score (nSPS) is 10.2. The van der Waals surface area contributed by atoms with E-state index in [2.05, 4.69) is 29.2 Å². The monoisotopic (exact) mass is 341 g/mol. The van der Waals surface area contributed by atoms with Crippen molar-refractivity contribution >= 4 is 28.9 Å². The maximum Gasteiger partial charge on any atom is 0.269 e. The van der Waals surface area contributed by atoms with Gasteiger partial charge in [-0.3, -0.25) is 15.6 Å². The summed E-state index contributed by atoms with van der Waals surface area (Å²) in [7, 11) is 0. The zero-order valence-electron chi connectivity index (χ0n) is 14.5. The highest BCUT2D eigenvalue weighted by Crippen LogP contribution is 2.20. The van der Waals surface area contributed by atoms with Crippen LogP contribution in [0.1, 0.15) is 39.5 Å². The topological polar surface area (TPSA) is 53.2 Å². The molecular weight excluding hydrogens is 318 g/mol. The molecule has 0 aliphatic rings. The Morgan fingerprint density at radius 3 is 2.42 bits per heavy atom. The molecule has 0 heterocycles. The fraction of sp³-hybridized carbons (Fsp3) is 0.263. The molecule has 0 unspecified atom stereocenters. The number of thiocarbonyl (C=S) groups is 1. The molecule has 24 heavy (non-hydrogen) atoms. The molecule has 0 spiro atoms. The number of amides is 1. The highest BCUT2D eigenvalue weighted by Gasteiger charge is 2.09. The molecule has 2 rings (SSSR count). The Morgan fingerprint density at radius 2 is 1.75 bits per heavy atom. The lowest BCUT2D eigenvalue weighted by molar-refractivity contribution is 0.0944. The number of hydrogen-bond acceptors (Lipinski definition) is 2. The fourth-order valence-electron chi connectivity index (χ4n) is 2.42. The van der Waals surface area contributed by atoms with Crippen molar-refractivity contribution in [1.82, 2.24) is 10.9 Å². The summed E-state index contributed by atoms with van der Waals surface area (Å²) in [6.07, 6.45) is 0.904. The molecule has 126 valence electrons. The van der Waals surface area contributed by atoms with Crippen molar-refractivity contribution in [2.45, 2.75) is 34.1 Å². The highest BCUT2D eigenvalue weighted by atomic mass is 32.1. The molecule has 0 fully saturated rings. The molecule has 0 radical (unpaired) electrons. The summed E-state index contributed by atoms with van der Waals surface area (Å²) < 4.78 is 0. The van der Waals surface area contributed by atoms with Crippen LogP contribution in [-0.4, -0.2) is 11.0 Å². The van der Waals surface area contributed by atoms with Gasteiger partial charge in [0.15, 0.2) is 5.11 Å². The Morgan fingerprint density at radius 1 is 1.00 bits per heavy atom. The van der Waals surface area contributed by atoms with Gasteiger partial charge >= 0.3 is 0 Å². The Hall–Kier alpha value is -2.40. The van der Waals surface area contributed by atoms with Gasteiger partial charge in [0.25, 0.3) is 5.91 Å². The molecule has 0 aliphatic heterocycles. The molecule has 0 aliphatic carbocycles. The van der Waals surface area contributed by atoms with E-state index < -0.39 is 0 Å². The van der Waals surface area contributed by atoms with Crippen LogP contribution >= 0.6 is 12.2 Å². The number of aryl methyl sites for hydroxylation is 4. The van der Waals surface area contributed by atoms with E-state index in [0.29, 0.717) is 10.7 Å². The third-order valence-electron chi connectivity index (χ3n) is 4.04. The number of hydrazine groups is 1. The predicted octanol–water partition coefficient (Wildman–Crippen LogP) is 3.81. The quantitative estimate of drug-likeness (QED) is 0.587. The first-order chi connectivity index (χ1) is 11.4. The minimum absolute atomic E-state index is 0.220. The second kappa shape index (κ2) is 7.93. The molecule has 2 aromatic carbocycles. The molecule has 0 saturated heterocycles. The summed E-state index contributed by atoms with van der Waals surface area (Å²) in [5.41, 5.74) is 11.5.